The van der Waals surface area contributed by atoms with Crippen LogP contribution in [0.3, 0.4) is 0 Å². The molecule has 0 aromatic carbocycles. The van der Waals surface area contributed by atoms with E-state index in [1.165, 1.54) is 0 Å². The molecule has 0 radical (unpaired) electrons. The highest BCUT2D eigenvalue weighted by molar-refractivity contribution is 14.1. The summed E-state index contributed by atoms with van der Waals surface area (Å²) in [5, 5.41) is 17.9. The van der Waals surface area contributed by atoms with Gasteiger partial charge in [0.1, 0.15) is 0 Å². The average molecular weight is 272 g/mol. The smallest absolute Gasteiger partial charge is 0.309 e. The molecule has 2 unspecified atom stereocenters. The van der Waals surface area contributed by atoms with Gasteiger partial charge in [0, 0.05) is 4.43 Å². The van der Waals surface area contributed by atoms with Crippen molar-refractivity contribution in [2.75, 3.05) is 4.43 Å². The first kappa shape index (κ1) is 11.2. The molecule has 3 nitrogen and oxygen atoms in total. The minimum absolute atomic E-state index is 0.481. The zero-order valence-corrected chi connectivity index (χ0v) is 8.61. The number of carboxylic acids is 1. The number of rotatable bonds is 5. The number of aliphatic hydroxyl groups excluding tert-OH is 1. The molecule has 0 aliphatic heterocycles. The molecular formula is C7H13IO3. The lowest BCUT2D eigenvalue weighted by molar-refractivity contribution is -0.145. The summed E-state index contributed by atoms with van der Waals surface area (Å²) >= 11 is 1.99. The largest absolute Gasteiger partial charge is 0.481 e. The highest BCUT2D eigenvalue weighted by Gasteiger charge is 2.24. The van der Waals surface area contributed by atoms with Crippen molar-refractivity contribution in [3.63, 3.8) is 0 Å². The van der Waals surface area contributed by atoms with E-state index in [0.29, 0.717) is 10.8 Å². The van der Waals surface area contributed by atoms with Crippen LogP contribution >= 0.6 is 22.6 Å². The summed E-state index contributed by atoms with van der Waals surface area (Å²) in [6, 6.07) is 0. The first-order valence-corrected chi connectivity index (χ1v) is 5.12. The Hall–Kier alpha value is 0.160. The number of alkyl halides is 1. The maximum Gasteiger partial charge on any atom is 0.309 e. The monoisotopic (exact) mass is 272 g/mol. The Morgan fingerprint density at radius 3 is 2.45 bits per heavy atom. The third-order valence-corrected chi connectivity index (χ3v) is 2.44. The standard InChI is InChI=1S/C7H13IO3/c1-2-3-5(7(10)11)6(9)4-8/h5-6,9H,2-4H2,1H3,(H,10,11). The van der Waals surface area contributed by atoms with E-state index in [0.717, 1.165) is 6.42 Å². The number of hydrogen-bond acceptors (Lipinski definition) is 2. The van der Waals surface area contributed by atoms with Crippen molar-refractivity contribution in [2.24, 2.45) is 5.92 Å². The summed E-state index contributed by atoms with van der Waals surface area (Å²) in [7, 11) is 0. The van der Waals surface area contributed by atoms with Crippen LogP contribution in [0, 0.1) is 5.92 Å². The third kappa shape index (κ3) is 3.91. The molecule has 0 amide bonds. The lowest BCUT2D eigenvalue weighted by atomic mass is 9.99. The van der Waals surface area contributed by atoms with Crippen LogP contribution in [0.1, 0.15) is 19.8 Å². The molecule has 0 fully saturated rings. The number of carboxylic acid groups (broad SMARTS) is 1. The van der Waals surface area contributed by atoms with Gasteiger partial charge in [-0.3, -0.25) is 4.79 Å². The van der Waals surface area contributed by atoms with Gasteiger partial charge >= 0.3 is 5.97 Å². The second kappa shape index (κ2) is 5.77. The molecule has 0 bridgehead atoms. The fraction of sp³-hybridized carbons (Fsp3) is 0.857. The molecule has 11 heavy (non-hydrogen) atoms. The molecule has 0 aliphatic carbocycles. The Morgan fingerprint density at radius 2 is 2.18 bits per heavy atom. The minimum atomic E-state index is -0.893. The Bertz CT molecular complexity index is 127. The summed E-state index contributed by atoms with van der Waals surface area (Å²) in [6.45, 7) is 1.91. The van der Waals surface area contributed by atoms with Crippen molar-refractivity contribution < 1.29 is 15.0 Å². The molecule has 2 N–H and O–H groups in total. The zero-order valence-electron chi connectivity index (χ0n) is 6.46. The van der Waals surface area contributed by atoms with Crippen LogP contribution in [0.5, 0.6) is 0 Å². The lowest BCUT2D eigenvalue weighted by Gasteiger charge is -2.15. The first-order valence-electron chi connectivity index (χ1n) is 3.60. The van der Waals surface area contributed by atoms with E-state index in [2.05, 4.69) is 0 Å². The second-order valence-electron chi connectivity index (χ2n) is 2.46. The third-order valence-electron chi connectivity index (χ3n) is 1.54. The fourth-order valence-electron chi connectivity index (χ4n) is 0.899. The van der Waals surface area contributed by atoms with Gasteiger partial charge in [-0.25, -0.2) is 0 Å². The highest BCUT2D eigenvalue weighted by atomic mass is 127. The van der Waals surface area contributed by atoms with Crippen molar-refractivity contribution in [3.05, 3.63) is 0 Å². The Balaban J connectivity index is 3.97. The quantitative estimate of drug-likeness (QED) is 0.585. The molecule has 66 valence electrons. The van der Waals surface area contributed by atoms with Crippen molar-refractivity contribution in [1.29, 1.82) is 0 Å². The predicted molar refractivity (Wildman–Crippen MR) is 50.9 cm³/mol. The SMILES string of the molecule is CCCC(C(=O)O)C(O)CI. The lowest BCUT2D eigenvalue weighted by Crippen LogP contribution is -2.29. The number of hydrogen-bond donors (Lipinski definition) is 2. The van der Waals surface area contributed by atoms with Crippen molar-refractivity contribution >= 4 is 28.6 Å². The van der Waals surface area contributed by atoms with Gasteiger partial charge in [-0.15, -0.1) is 0 Å². The molecule has 0 aromatic heterocycles. The molecule has 0 rings (SSSR count). The van der Waals surface area contributed by atoms with Gasteiger partial charge in [0.15, 0.2) is 0 Å². The van der Waals surface area contributed by atoms with Crippen LogP contribution in [0.25, 0.3) is 0 Å². The second-order valence-corrected chi connectivity index (χ2v) is 3.34. The van der Waals surface area contributed by atoms with E-state index < -0.39 is 18.0 Å². The van der Waals surface area contributed by atoms with Crippen LogP contribution in [-0.2, 0) is 4.79 Å². The van der Waals surface area contributed by atoms with Crippen molar-refractivity contribution in [1.82, 2.24) is 0 Å². The molecule has 0 aromatic rings. The Morgan fingerprint density at radius 1 is 1.64 bits per heavy atom. The normalized spacial score (nSPS) is 15.9. The van der Waals surface area contributed by atoms with Gasteiger partial charge in [-0.05, 0) is 6.42 Å². The van der Waals surface area contributed by atoms with Gasteiger partial charge < -0.3 is 10.2 Å². The summed E-state index contributed by atoms with van der Waals surface area (Å²) < 4.78 is 0.481. The van der Waals surface area contributed by atoms with Crippen LogP contribution in [-0.4, -0.2) is 26.7 Å². The molecule has 0 saturated heterocycles. The Labute approximate surface area is 79.9 Å². The van der Waals surface area contributed by atoms with E-state index >= 15 is 0 Å². The van der Waals surface area contributed by atoms with E-state index in [9.17, 15) is 9.90 Å². The molecule has 4 heteroatoms. The van der Waals surface area contributed by atoms with E-state index in [-0.39, 0.29) is 0 Å². The van der Waals surface area contributed by atoms with E-state index in [1.807, 2.05) is 29.5 Å². The number of aliphatic hydroxyl groups is 1. The van der Waals surface area contributed by atoms with Gasteiger partial charge in [0.25, 0.3) is 0 Å². The van der Waals surface area contributed by atoms with Gasteiger partial charge in [0.05, 0.1) is 12.0 Å². The highest BCUT2D eigenvalue weighted by Crippen LogP contribution is 2.13. The van der Waals surface area contributed by atoms with Crippen LogP contribution in [0.4, 0.5) is 0 Å². The van der Waals surface area contributed by atoms with E-state index in [4.69, 9.17) is 5.11 Å². The van der Waals surface area contributed by atoms with Crippen LogP contribution in [0.15, 0.2) is 0 Å². The summed E-state index contributed by atoms with van der Waals surface area (Å²) in [6.07, 6.45) is 0.650. The van der Waals surface area contributed by atoms with Crippen molar-refractivity contribution in [2.45, 2.75) is 25.9 Å². The van der Waals surface area contributed by atoms with E-state index in [1.54, 1.807) is 0 Å². The number of aliphatic carboxylic acids is 1. The fourth-order valence-corrected chi connectivity index (χ4v) is 1.51. The topological polar surface area (TPSA) is 57.5 Å². The Kier molecular flexibility index (Phi) is 5.85. The number of carbonyl (C=O) groups is 1. The van der Waals surface area contributed by atoms with Crippen LogP contribution < -0.4 is 0 Å². The predicted octanol–water partition coefficient (Wildman–Crippen LogP) is 1.28. The van der Waals surface area contributed by atoms with Crippen molar-refractivity contribution in [3.8, 4) is 0 Å². The zero-order chi connectivity index (χ0) is 8.85. The van der Waals surface area contributed by atoms with Crippen LogP contribution in [0.2, 0.25) is 0 Å². The molecule has 2 atom stereocenters. The van der Waals surface area contributed by atoms with Gasteiger partial charge in [-0.1, -0.05) is 35.9 Å². The summed E-state index contributed by atoms with van der Waals surface area (Å²) in [5.41, 5.74) is 0. The molecule has 0 aliphatic rings. The van der Waals surface area contributed by atoms with Gasteiger partial charge in [-0.2, -0.15) is 0 Å². The molecular weight excluding hydrogens is 259 g/mol. The molecule has 0 spiro atoms. The first-order chi connectivity index (χ1) is 5.13. The maximum atomic E-state index is 10.5. The summed E-state index contributed by atoms with van der Waals surface area (Å²) in [4.78, 5) is 10.5. The number of halogens is 1. The average Bonchev–Trinajstić information content (AvgIpc) is 1.98. The molecule has 0 saturated carbocycles. The maximum absolute atomic E-state index is 10.5. The minimum Gasteiger partial charge on any atom is -0.481 e. The summed E-state index contributed by atoms with van der Waals surface area (Å²) in [5.74, 6) is -1.48. The molecule has 0 heterocycles. The van der Waals surface area contributed by atoms with Gasteiger partial charge in [0.2, 0.25) is 0 Å².